The molecule has 4 N–H and O–H groups in total. The smallest absolute Gasteiger partial charge is 0.334 e. The van der Waals surface area contributed by atoms with Crippen LogP contribution in [0.15, 0.2) is 0 Å². The molecule has 0 aliphatic carbocycles. The average Bonchev–Trinajstić information content (AvgIpc) is 2.23. The highest BCUT2D eigenvalue weighted by atomic mass is 16.4. The monoisotopic (exact) mass is 245 g/mol. The molecule has 0 spiro atoms. The number of carboxylic acid groups (broad SMARTS) is 1. The number of aliphatic hydroxyl groups is 1. The molecule has 1 aliphatic heterocycles. The number of aliphatic hydroxyl groups excluding tert-OH is 1. The summed E-state index contributed by atoms with van der Waals surface area (Å²) >= 11 is 0. The van der Waals surface area contributed by atoms with E-state index >= 15 is 0 Å². The second kappa shape index (κ2) is 5.25. The molecule has 94 valence electrons. The standard InChI is InChI=1S/C8H11N3O6/c12-4(7(15)16)1-9-8(17)11-2-5(13)10-6(14)3-11/h4,12H,1-3H2,(H,9,17)(H,15,16)(H,10,13,14). The number of amides is 4. The van der Waals surface area contributed by atoms with Gasteiger partial charge in [0.1, 0.15) is 13.1 Å². The van der Waals surface area contributed by atoms with Gasteiger partial charge in [0.2, 0.25) is 11.8 Å². The van der Waals surface area contributed by atoms with Gasteiger partial charge in [-0.2, -0.15) is 0 Å². The molecule has 0 aromatic rings. The Hall–Kier alpha value is -2.16. The molecule has 9 heteroatoms. The van der Waals surface area contributed by atoms with E-state index in [-0.39, 0.29) is 13.1 Å². The Morgan fingerprint density at radius 2 is 1.88 bits per heavy atom. The normalized spacial score (nSPS) is 17.4. The number of piperazine rings is 1. The lowest BCUT2D eigenvalue weighted by molar-refractivity contribution is -0.146. The lowest BCUT2D eigenvalue weighted by atomic mass is 10.3. The molecule has 1 unspecified atom stereocenters. The van der Waals surface area contributed by atoms with Gasteiger partial charge in [0, 0.05) is 0 Å². The van der Waals surface area contributed by atoms with Crippen LogP contribution in [0, 0.1) is 0 Å². The van der Waals surface area contributed by atoms with E-state index in [0.717, 1.165) is 4.90 Å². The first-order valence-electron chi connectivity index (χ1n) is 4.66. The van der Waals surface area contributed by atoms with Gasteiger partial charge in [0.15, 0.2) is 6.10 Å². The number of urea groups is 1. The first kappa shape index (κ1) is 12.9. The molecule has 1 fully saturated rings. The molecule has 4 amide bonds. The minimum Gasteiger partial charge on any atom is -0.479 e. The second-order valence-corrected chi connectivity index (χ2v) is 3.37. The Labute approximate surface area is 95.4 Å². The van der Waals surface area contributed by atoms with Crippen LogP contribution in [0.2, 0.25) is 0 Å². The molecular weight excluding hydrogens is 234 g/mol. The van der Waals surface area contributed by atoms with Crippen LogP contribution in [0.3, 0.4) is 0 Å². The fourth-order valence-corrected chi connectivity index (χ4v) is 1.16. The second-order valence-electron chi connectivity index (χ2n) is 3.37. The topological polar surface area (TPSA) is 136 Å². The van der Waals surface area contributed by atoms with Crippen molar-refractivity contribution in [2.75, 3.05) is 19.6 Å². The Morgan fingerprint density at radius 3 is 2.35 bits per heavy atom. The van der Waals surface area contributed by atoms with Gasteiger partial charge >= 0.3 is 12.0 Å². The minimum absolute atomic E-state index is 0.291. The van der Waals surface area contributed by atoms with Crippen molar-refractivity contribution >= 4 is 23.8 Å². The van der Waals surface area contributed by atoms with Gasteiger partial charge in [0.05, 0.1) is 6.54 Å². The number of rotatable bonds is 3. The molecule has 0 radical (unpaired) electrons. The van der Waals surface area contributed by atoms with E-state index in [2.05, 4.69) is 5.32 Å². The fourth-order valence-electron chi connectivity index (χ4n) is 1.16. The van der Waals surface area contributed by atoms with Gasteiger partial charge in [-0.3, -0.25) is 14.9 Å². The average molecular weight is 245 g/mol. The van der Waals surface area contributed by atoms with Crippen molar-refractivity contribution in [3.8, 4) is 0 Å². The maximum Gasteiger partial charge on any atom is 0.334 e. The highest BCUT2D eigenvalue weighted by Gasteiger charge is 2.26. The van der Waals surface area contributed by atoms with Gasteiger partial charge in [-0.1, -0.05) is 0 Å². The van der Waals surface area contributed by atoms with Crippen molar-refractivity contribution < 1.29 is 29.4 Å². The zero-order valence-corrected chi connectivity index (χ0v) is 8.67. The molecule has 0 aromatic carbocycles. The highest BCUT2D eigenvalue weighted by molar-refractivity contribution is 6.02. The predicted octanol–water partition coefficient (Wildman–Crippen LogP) is -2.90. The molecule has 9 nitrogen and oxygen atoms in total. The van der Waals surface area contributed by atoms with Crippen LogP contribution in [0.25, 0.3) is 0 Å². The number of hydrogen-bond acceptors (Lipinski definition) is 5. The Balaban J connectivity index is 2.44. The molecule has 0 aromatic heterocycles. The maximum atomic E-state index is 11.4. The number of carbonyl (C=O) groups excluding carboxylic acids is 3. The summed E-state index contributed by atoms with van der Waals surface area (Å²) in [5.41, 5.74) is 0. The van der Waals surface area contributed by atoms with E-state index in [4.69, 9.17) is 10.2 Å². The van der Waals surface area contributed by atoms with Crippen molar-refractivity contribution in [2.45, 2.75) is 6.10 Å². The molecular formula is C8H11N3O6. The number of imide groups is 1. The molecule has 1 aliphatic rings. The highest BCUT2D eigenvalue weighted by Crippen LogP contribution is 1.95. The van der Waals surface area contributed by atoms with Crippen molar-refractivity contribution in [1.82, 2.24) is 15.5 Å². The SMILES string of the molecule is O=C1CN(C(=O)NCC(O)C(=O)O)CC(=O)N1. The lowest BCUT2D eigenvalue weighted by Crippen LogP contribution is -2.56. The fraction of sp³-hybridized carbons (Fsp3) is 0.500. The number of carboxylic acids is 1. The molecule has 0 bridgehead atoms. The zero-order chi connectivity index (χ0) is 13.0. The minimum atomic E-state index is -1.73. The molecule has 1 rings (SSSR count). The van der Waals surface area contributed by atoms with Crippen LogP contribution in [0.5, 0.6) is 0 Å². The number of nitrogens with one attached hydrogen (secondary N) is 2. The van der Waals surface area contributed by atoms with E-state index in [1.54, 1.807) is 0 Å². The largest absolute Gasteiger partial charge is 0.479 e. The van der Waals surface area contributed by atoms with E-state index in [9.17, 15) is 19.2 Å². The molecule has 0 saturated carbocycles. The number of nitrogens with zero attached hydrogens (tertiary/aromatic N) is 1. The summed E-state index contributed by atoms with van der Waals surface area (Å²) in [6.45, 7) is -1.08. The van der Waals surface area contributed by atoms with Crippen LogP contribution in [0.4, 0.5) is 4.79 Å². The lowest BCUT2D eigenvalue weighted by Gasteiger charge is -2.25. The van der Waals surface area contributed by atoms with Crippen molar-refractivity contribution in [3.63, 3.8) is 0 Å². The number of carbonyl (C=O) groups is 4. The van der Waals surface area contributed by atoms with Crippen molar-refractivity contribution in [2.24, 2.45) is 0 Å². The van der Waals surface area contributed by atoms with Crippen LogP contribution < -0.4 is 10.6 Å². The van der Waals surface area contributed by atoms with Gasteiger partial charge in [0.25, 0.3) is 0 Å². The third-order valence-electron chi connectivity index (χ3n) is 1.97. The van der Waals surface area contributed by atoms with Crippen molar-refractivity contribution in [1.29, 1.82) is 0 Å². The molecule has 1 heterocycles. The molecule has 1 saturated heterocycles. The first-order valence-corrected chi connectivity index (χ1v) is 4.66. The van der Waals surface area contributed by atoms with Crippen LogP contribution in [0.1, 0.15) is 0 Å². The van der Waals surface area contributed by atoms with Crippen LogP contribution in [-0.2, 0) is 14.4 Å². The zero-order valence-electron chi connectivity index (χ0n) is 8.67. The van der Waals surface area contributed by atoms with E-state index in [0.29, 0.717) is 0 Å². The summed E-state index contributed by atoms with van der Waals surface area (Å²) in [6, 6.07) is -0.784. The maximum absolute atomic E-state index is 11.4. The Bertz CT molecular complexity index is 352. The van der Waals surface area contributed by atoms with Crippen LogP contribution >= 0.6 is 0 Å². The van der Waals surface area contributed by atoms with Gasteiger partial charge in [-0.05, 0) is 0 Å². The van der Waals surface area contributed by atoms with Crippen LogP contribution in [-0.4, -0.2) is 64.7 Å². The van der Waals surface area contributed by atoms with E-state index in [1.807, 2.05) is 5.32 Å². The quantitative estimate of drug-likeness (QED) is 0.394. The summed E-state index contributed by atoms with van der Waals surface area (Å²) in [6.07, 6.45) is -1.73. The number of hydrogen-bond donors (Lipinski definition) is 4. The van der Waals surface area contributed by atoms with Gasteiger partial charge in [-0.25, -0.2) is 9.59 Å². The Kier molecular flexibility index (Phi) is 3.99. The summed E-state index contributed by atoms with van der Waals surface area (Å²) in [4.78, 5) is 44.4. The predicted molar refractivity (Wildman–Crippen MR) is 51.8 cm³/mol. The number of aliphatic carboxylic acids is 1. The summed E-state index contributed by atoms with van der Waals surface area (Å²) in [5, 5.41) is 21.4. The Morgan fingerprint density at radius 1 is 1.35 bits per heavy atom. The summed E-state index contributed by atoms with van der Waals surface area (Å²) in [7, 11) is 0. The third-order valence-corrected chi connectivity index (χ3v) is 1.97. The summed E-state index contributed by atoms with van der Waals surface area (Å²) < 4.78 is 0. The van der Waals surface area contributed by atoms with Gasteiger partial charge < -0.3 is 20.4 Å². The third kappa shape index (κ3) is 3.72. The van der Waals surface area contributed by atoms with E-state index in [1.165, 1.54) is 0 Å². The van der Waals surface area contributed by atoms with Gasteiger partial charge in [-0.15, -0.1) is 0 Å². The first-order chi connectivity index (χ1) is 7.90. The van der Waals surface area contributed by atoms with E-state index < -0.39 is 36.5 Å². The molecule has 17 heavy (non-hydrogen) atoms. The molecule has 1 atom stereocenters. The van der Waals surface area contributed by atoms with Crippen molar-refractivity contribution in [3.05, 3.63) is 0 Å². The summed E-state index contributed by atoms with van der Waals surface area (Å²) in [5.74, 6) is -2.71.